The fourth-order valence-electron chi connectivity index (χ4n) is 5.39. The van der Waals surface area contributed by atoms with E-state index in [0.717, 1.165) is 32.1 Å². The van der Waals surface area contributed by atoms with Crippen molar-refractivity contribution in [3.05, 3.63) is 85.1 Å². The second kappa shape index (κ2) is 39.3. The Bertz CT molecular complexity index is 1300. The topological polar surface area (TPSA) is 131 Å². The highest BCUT2D eigenvalue weighted by Crippen LogP contribution is 2.38. The summed E-state index contributed by atoms with van der Waals surface area (Å²) in [6, 6.07) is 0. The molecule has 0 aromatic carbocycles. The fourth-order valence-corrected chi connectivity index (χ4v) is 6.12. The van der Waals surface area contributed by atoms with Crippen LogP contribution in [0.1, 0.15) is 149 Å². The summed E-state index contributed by atoms with van der Waals surface area (Å²) < 4.78 is 33.7. The van der Waals surface area contributed by atoms with Gasteiger partial charge in [-0.1, -0.05) is 144 Å². The summed E-state index contributed by atoms with van der Waals surface area (Å²) in [5.74, 6) is -1.01. The van der Waals surface area contributed by atoms with Gasteiger partial charge >= 0.3 is 11.9 Å². The summed E-state index contributed by atoms with van der Waals surface area (Å²) in [5.41, 5.74) is 0. The maximum absolute atomic E-state index is 12.7. The SMILES string of the molecule is CCCCC/C=C\C=C/[C@H](O)C/C=C\C/C=C/CCCC(=O)O[C@H](COC(=O)CCC/C=C\C/C=C\C/C=C\CCCCCCCC)COP(=O)([O-])OCC[N+](C)(C)C. The number of phosphoric acid groups is 1. The highest BCUT2D eigenvalue weighted by atomic mass is 31.2. The number of rotatable bonds is 39. The van der Waals surface area contributed by atoms with Crippen molar-refractivity contribution < 1.29 is 47.2 Å². The predicted octanol–water partition coefficient (Wildman–Crippen LogP) is 11.1. The van der Waals surface area contributed by atoms with Crippen LogP contribution in [0.5, 0.6) is 0 Å². The van der Waals surface area contributed by atoms with Crippen molar-refractivity contribution in [1.82, 2.24) is 0 Å². The molecule has 10 nitrogen and oxygen atoms in total. The Labute approximate surface area is 359 Å². The van der Waals surface area contributed by atoms with Gasteiger partial charge in [0.15, 0.2) is 6.10 Å². The van der Waals surface area contributed by atoms with E-state index in [1.54, 1.807) is 6.08 Å². The lowest BCUT2D eigenvalue weighted by atomic mass is 10.1. The number of likely N-dealkylation sites (N-methyl/N-ethyl adjacent to an activating group) is 1. The highest BCUT2D eigenvalue weighted by molar-refractivity contribution is 7.45. The largest absolute Gasteiger partial charge is 0.756 e. The molecule has 1 unspecified atom stereocenters. The van der Waals surface area contributed by atoms with Gasteiger partial charge in [-0.15, -0.1) is 0 Å². The average Bonchev–Trinajstić information content (AvgIpc) is 3.18. The van der Waals surface area contributed by atoms with Crippen molar-refractivity contribution in [2.45, 2.75) is 161 Å². The van der Waals surface area contributed by atoms with Crippen LogP contribution >= 0.6 is 7.82 Å². The molecule has 1 N–H and O–H groups in total. The van der Waals surface area contributed by atoms with Gasteiger partial charge in [0, 0.05) is 12.8 Å². The van der Waals surface area contributed by atoms with Gasteiger partial charge in [-0.05, 0) is 77.0 Å². The Kier molecular flexibility index (Phi) is 37.4. The van der Waals surface area contributed by atoms with E-state index < -0.39 is 38.6 Å². The lowest BCUT2D eigenvalue weighted by Gasteiger charge is -2.28. The number of nitrogens with zero attached hydrogens (tertiary/aromatic N) is 1. The van der Waals surface area contributed by atoms with Crippen LogP contribution in [-0.2, 0) is 32.7 Å². The first-order valence-corrected chi connectivity index (χ1v) is 23.9. The van der Waals surface area contributed by atoms with Crippen LogP contribution in [0.3, 0.4) is 0 Å². The van der Waals surface area contributed by atoms with E-state index in [9.17, 15) is 24.2 Å². The first kappa shape index (κ1) is 56.1. The molecule has 11 heteroatoms. The van der Waals surface area contributed by atoms with Gasteiger partial charge in [0.1, 0.15) is 19.8 Å². The Morgan fingerprint density at radius 1 is 0.627 bits per heavy atom. The molecule has 0 heterocycles. The first-order valence-electron chi connectivity index (χ1n) is 22.4. The lowest BCUT2D eigenvalue weighted by molar-refractivity contribution is -0.870. The first-order chi connectivity index (χ1) is 28.4. The van der Waals surface area contributed by atoms with E-state index in [2.05, 4.69) is 50.3 Å². The summed E-state index contributed by atoms with van der Waals surface area (Å²) in [4.78, 5) is 37.5. The van der Waals surface area contributed by atoms with Gasteiger partial charge in [0.2, 0.25) is 0 Å². The summed E-state index contributed by atoms with van der Waals surface area (Å²) in [6.07, 6.45) is 46.5. The van der Waals surface area contributed by atoms with Gasteiger partial charge in [0.05, 0.1) is 33.9 Å². The molecule has 0 aromatic heterocycles. The second-order valence-electron chi connectivity index (χ2n) is 15.9. The van der Waals surface area contributed by atoms with E-state index in [-0.39, 0.29) is 26.1 Å². The molecular weight excluding hydrogens is 766 g/mol. The van der Waals surface area contributed by atoms with E-state index >= 15 is 0 Å². The lowest BCUT2D eigenvalue weighted by Crippen LogP contribution is -2.37. The molecule has 0 saturated heterocycles. The summed E-state index contributed by atoms with van der Waals surface area (Å²) in [5, 5.41) is 10.1. The zero-order valence-corrected chi connectivity index (χ0v) is 38.4. The predicted molar refractivity (Wildman–Crippen MR) is 242 cm³/mol. The van der Waals surface area contributed by atoms with Crippen molar-refractivity contribution in [3.63, 3.8) is 0 Å². The number of quaternary nitrogens is 1. The third kappa shape index (κ3) is 43.1. The summed E-state index contributed by atoms with van der Waals surface area (Å²) in [6.45, 7) is 3.95. The zero-order chi connectivity index (χ0) is 43.7. The summed E-state index contributed by atoms with van der Waals surface area (Å²) >= 11 is 0. The van der Waals surface area contributed by atoms with E-state index in [4.69, 9.17) is 18.5 Å². The van der Waals surface area contributed by atoms with Crippen molar-refractivity contribution in [1.29, 1.82) is 0 Å². The molecule has 0 rings (SSSR count). The van der Waals surface area contributed by atoms with E-state index in [0.29, 0.717) is 43.1 Å². The maximum Gasteiger partial charge on any atom is 0.306 e. The number of allylic oxidation sites excluding steroid dienone is 12. The smallest absolute Gasteiger partial charge is 0.306 e. The van der Waals surface area contributed by atoms with Gasteiger partial charge in [-0.3, -0.25) is 14.2 Å². The minimum absolute atomic E-state index is 0.0646. The molecule has 0 aliphatic carbocycles. The van der Waals surface area contributed by atoms with Crippen LogP contribution in [0.15, 0.2) is 85.1 Å². The van der Waals surface area contributed by atoms with Crippen LogP contribution in [-0.4, -0.2) is 81.2 Å². The number of carbonyl (C=O) groups is 2. The molecule has 338 valence electrons. The Balaban J connectivity index is 4.61. The van der Waals surface area contributed by atoms with Crippen LogP contribution in [0.4, 0.5) is 0 Å². The number of carbonyl (C=O) groups excluding carboxylic acids is 2. The quantitative estimate of drug-likeness (QED) is 0.0160. The number of esters is 2. The molecule has 0 saturated carbocycles. The minimum Gasteiger partial charge on any atom is -0.756 e. The maximum atomic E-state index is 12.7. The number of aliphatic hydroxyl groups is 1. The molecule has 3 atom stereocenters. The fraction of sp³-hybridized carbons (Fsp3) is 0.667. The Morgan fingerprint density at radius 2 is 1.14 bits per heavy atom. The molecule has 0 aromatic rings. The van der Waals surface area contributed by atoms with E-state index in [1.165, 1.54) is 57.8 Å². The molecule has 0 aliphatic heterocycles. The van der Waals surface area contributed by atoms with Gasteiger partial charge < -0.3 is 33.0 Å². The van der Waals surface area contributed by atoms with Crippen molar-refractivity contribution in [2.24, 2.45) is 0 Å². The molecule has 0 fully saturated rings. The van der Waals surface area contributed by atoms with Crippen molar-refractivity contribution in [2.75, 3.05) is 47.5 Å². The van der Waals surface area contributed by atoms with Gasteiger partial charge in [0.25, 0.3) is 7.82 Å². The third-order valence-electron chi connectivity index (χ3n) is 8.97. The molecular formula is C48H82NO9P. The molecule has 59 heavy (non-hydrogen) atoms. The standard InChI is InChI=1S/C48H82NO9P/c1-6-8-10-12-14-15-16-17-18-19-20-21-22-23-27-31-35-39-47(51)55-43-46(44-57-59(53,54)56-42-41-49(3,4)5)58-48(52)40-36-32-28-24-26-30-34-38-45(50)37-33-29-25-13-11-9-7-2/h17-18,20-21,23-25,27-30,33-34,37,45-46,50H,6-16,19,22,26,31-32,35-36,38-44H2,1-5H3/b18-17-,21-20-,27-23-,28-24+,29-25-,34-30-,37-33-/t45-,46+/m0/s1. The van der Waals surface area contributed by atoms with Crippen LogP contribution in [0.2, 0.25) is 0 Å². The summed E-state index contributed by atoms with van der Waals surface area (Å²) in [7, 11) is 1.05. The second-order valence-corrected chi connectivity index (χ2v) is 17.3. The number of hydrogen-bond acceptors (Lipinski definition) is 9. The molecule has 0 bridgehead atoms. The van der Waals surface area contributed by atoms with Crippen molar-refractivity contribution >= 4 is 19.8 Å². The van der Waals surface area contributed by atoms with Crippen LogP contribution < -0.4 is 4.89 Å². The molecule has 0 amide bonds. The zero-order valence-electron chi connectivity index (χ0n) is 37.5. The molecule has 0 spiro atoms. The number of hydrogen-bond donors (Lipinski definition) is 1. The number of aliphatic hydroxyl groups excluding tert-OH is 1. The van der Waals surface area contributed by atoms with Gasteiger partial charge in [-0.25, -0.2) is 0 Å². The number of ether oxygens (including phenoxy) is 2. The number of phosphoric ester groups is 1. The Hall–Kier alpha value is -2.85. The highest BCUT2D eigenvalue weighted by Gasteiger charge is 2.21. The van der Waals surface area contributed by atoms with Crippen LogP contribution in [0.25, 0.3) is 0 Å². The third-order valence-corrected chi connectivity index (χ3v) is 9.93. The van der Waals surface area contributed by atoms with Gasteiger partial charge in [-0.2, -0.15) is 0 Å². The molecule has 0 aliphatic rings. The van der Waals surface area contributed by atoms with Crippen molar-refractivity contribution in [3.8, 4) is 0 Å². The monoisotopic (exact) mass is 848 g/mol. The van der Waals surface area contributed by atoms with Crippen LogP contribution in [0, 0.1) is 0 Å². The minimum atomic E-state index is -4.67. The Morgan fingerprint density at radius 3 is 1.76 bits per heavy atom. The molecule has 0 radical (unpaired) electrons. The average molecular weight is 848 g/mol. The normalized spacial score (nSPS) is 14.9. The van der Waals surface area contributed by atoms with E-state index in [1.807, 2.05) is 63.7 Å². The number of unbranched alkanes of at least 4 members (excludes halogenated alkanes) is 11.